The third-order valence-corrected chi connectivity index (χ3v) is 4.01. The first kappa shape index (κ1) is 15.6. The summed E-state index contributed by atoms with van der Waals surface area (Å²) in [6.07, 6.45) is 0.949. The lowest BCUT2D eigenvalue weighted by molar-refractivity contribution is -0.144. The number of amides is 3. The molecule has 2 N–H and O–H groups in total. The maximum atomic E-state index is 12.3. The Morgan fingerprint density at radius 2 is 1.81 bits per heavy atom. The molecule has 0 aromatic carbocycles. The Morgan fingerprint density at radius 1 is 1.14 bits per heavy atom. The second-order valence-electron chi connectivity index (χ2n) is 5.47. The first-order valence-corrected chi connectivity index (χ1v) is 7.08. The fourth-order valence-corrected chi connectivity index (χ4v) is 2.60. The lowest BCUT2D eigenvalue weighted by atomic mass is 9.99. The minimum atomic E-state index is -1.33. The van der Waals surface area contributed by atoms with Crippen LogP contribution in [0.2, 0.25) is 0 Å². The highest BCUT2D eigenvalue weighted by Gasteiger charge is 2.44. The summed E-state index contributed by atoms with van der Waals surface area (Å²) in [5.41, 5.74) is -1.33. The molecule has 0 aromatic rings. The summed E-state index contributed by atoms with van der Waals surface area (Å²) in [6.45, 7) is 3.82. The maximum absolute atomic E-state index is 12.3. The van der Waals surface area contributed by atoms with Crippen LogP contribution >= 0.6 is 0 Å². The summed E-state index contributed by atoms with van der Waals surface area (Å²) >= 11 is 0. The van der Waals surface area contributed by atoms with Crippen LogP contribution in [0.4, 0.5) is 4.79 Å². The zero-order valence-corrected chi connectivity index (χ0v) is 12.1. The second-order valence-corrected chi connectivity index (χ2v) is 5.47. The molecule has 1 unspecified atom stereocenters. The number of aliphatic carboxylic acids is 1. The third kappa shape index (κ3) is 3.44. The average molecular weight is 299 g/mol. The fraction of sp³-hybridized carbons (Fsp3) is 0.769. The van der Waals surface area contributed by atoms with Gasteiger partial charge in [0.05, 0.1) is 6.61 Å². The van der Waals surface area contributed by atoms with Crippen LogP contribution in [0, 0.1) is 0 Å². The Kier molecular flexibility index (Phi) is 4.66. The highest BCUT2D eigenvalue weighted by atomic mass is 16.5. The van der Waals surface area contributed by atoms with Crippen molar-refractivity contribution in [3.8, 4) is 0 Å². The van der Waals surface area contributed by atoms with Crippen molar-refractivity contribution >= 4 is 17.9 Å². The van der Waals surface area contributed by atoms with Crippen molar-refractivity contribution in [2.75, 3.05) is 39.4 Å². The van der Waals surface area contributed by atoms with E-state index in [1.165, 1.54) is 6.92 Å². The Bertz CT molecular complexity index is 434. The molecule has 3 amide bonds. The Morgan fingerprint density at radius 3 is 2.38 bits per heavy atom. The number of carboxylic acid groups (broad SMARTS) is 1. The van der Waals surface area contributed by atoms with Crippen molar-refractivity contribution in [3.63, 3.8) is 0 Å². The largest absolute Gasteiger partial charge is 0.479 e. The average Bonchev–Trinajstić information content (AvgIpc) is 2.75. The monoisotopic (exact) mass is 299 g/mol. The lowest BCUT2D eigenvalue weighted by Gasteiger charge is -2.28. The predicted octanol–water partition coefficient (Wildman–Crippen LogP) is -0.506. The number of carbonyl (C=O) groups is 3. The lowest BCUT2D eigenvalue weighted by Crippen LogP contribution is -2.58. The van der Waals surface area contributed by atoms with Crippen molar-refractivity contribution < 1.29 is 24.2 Å². The molecule has 2 aliphatic rings. The molecule has 118 valence electrons. The van der Waals surface area contributed by atoms with Crippen LogP contribution in [0.15, 0.2) is 0 Å². The van der Waals surface area contributed by atoms with Gasteiger partial charge in [0.25, 0.3) is 0 Å². The van der Waals surface area contributed by atoms with Gasteiger partial charge in [0.2, 0.25) is 5.91 Å². The molecular formula is C13H21N3O5. The Balaban J connectivity index is 1.96. The van der Waals surface area contributed by atoms with Crippen LogP contribution in [0.5, 0.6) is 0 Å². The van der Waals surface area contributed by atoms with Crippen molar-refractivity contribution in [2.24, 2.45) is 0 Å². The number of nitrogens with zero attached hydrogens (tertiary/aromatic N) is 2. The van der Waals surface area contributed by atoms with Gasteiger partial charge in [-0.3, -0.25) is 4.79 Å². The van der Waals surface area contributed by atoms with E-state index in [1.54, 1.807) is 9.80 Å². The van der Waals surface area contributed by atoms with Crippen LogP contribution in [0.3, 0.4) is 0 Å². The van der Waals surface area contributed by atoms with E-state index in [0.717, 1.165) is 0 Å². The van der Waals surface area contributed by atoms with Crippen LogP contribution in [-0.4, -0.2) is 77.7 Å². The Hall–Kier alpha value is -1.83. The molecular weight excluding hydrogens is 278 g/mol. The van der Waals surface area contributed by atoms with Gasteiger partial charge in [0.15, 0.2) is 5.54 Å². The molecule has 8 nitrogen and oxygen atoms in total. The standard InChI is InChI=1S/C13H21N3O5/c1-10(17)15-4-2-5-16(7-6-15)12(20)14-13(11(18)19)3-8-21-9-13/h2-9H2,1H3,(H,14,20)(H,18,19). The van der Waals surface area contributed by atoms with Crippen molar-refractivity contribution in [1.29, 1.82) is 0 Å². The van der Waals surface area contributed by atoms with E-state index >= 15 is 0 Å². The minimum Gasteiger partial charge on any atom is -0.479 e. The van der Waals surface area contributed by atoms with Gasteiger partial charge in [-0.2, -0.15) is 0 Å². The summed E-state index contributed by atoms with van der Waals surface area (Å²) in [5, 5.41) is 11.9. The van der Waals surface area contributed by atoms with Gasteiger partial charge < -0.3 is 25.0 Å². The molecule has 1 atom stereocenters. The molecule has 2 saturated heterocycles. The van der Waals surface area contributed by atoms with Gasteiger partial charge >= 0.3 is 12.0 Å². The highest BCUT2D eigenvalue weighted by Crippen LogP contribution is 2.19. The van der Waals surface area contributed by atoms with Gasteiger partial charge in [-0.05, 0) is 6.42 Å². The zero-order valence-electron chi connectivity index (χ0n) is 12.1. The zero-order chi connectivity index (χ0) is 15.5. The molecule has 2 fully saturated rings. The molecule has 0 radical (unpaired) electrons. The summed E-state index contributed by atoms with van der Waals surface area (Å²) in [4.78, 5) is 38.3. The van der Waals surface area contributed by atoms with Crippen LogP contribution in [0.1, 0.15) is 19.8 Å². The van der Waals surface area contributed by atoms with Crippen molar-refractivity contribution in [2.45, 2.75) is 25.3 Å². The summed E-state index contributed by atoms with van der Waals surface area (Å²) in [7, 11) is 0. The molecule has 0 aliphatic carbocycles. The minimum absolute atomic E-state index is 0.0107. The van der Waals surface area contributed by atoms with E-state index in [4.69, 9.17) is 4.74 Å². The van der Waals surface area contributed by atoms with E-state index in [-0.39, 0.29) is 18.9 Å². The number of hydrogen-bond acceptors (Lipinski definition) is 4. The quantitative estimate of drug-likeness (QED) is 0.716. The SMILES string of the molecule is CC(=O)N1CCCN(C(=O)NC2(C(=O)O)CCOC2)CC1. The predicted molar refractivity (Wildman–Crippen MR) is 72.8 cm³/mol. The molecule has 0 aromatic heterocycles. The first-order valence-electron chi connectivity index (χ1n) is 7.08. The van der Waals surface area contributed by atoms with Gasteiger partial charge in [-0.15, -0.1) is 0 Å². The van der Waals surface area contributed by atoms with Gasteiger partial charge in [0, 0.05) is 46.1 Å². The van der Waals surface area contributed by atoms with Crippen LogP contribution in [0.25, 0.3) is 0 Å². The maximum Gasteiger partial charge on any atom is 0.332 e. The molecule has 21 heavy (non-hydrogen) atoms. The van der Waals surface area contributed by atoms with E-state index in [9.17, 15) is 19.5 Å². The van der Waals surface area contributed by atoms with Crippen molar-refractivity contribution in [1.82, 2.24) is 15.1 Å². The fourth-order valence-electron chi connectivity index (χ4n) is 2.60. The van der Waals surface area contributed by atoms with E-state index < -0.39 is 17.5 Å². The number of rotatable bonds is 2. The third-order valence-electron chi connectivity index (χ3n) is 4.01. The van der Waals surface area contributed by atoms with E-state index in [1.807, 2.05) is 0 Å². The first-order chi connectivity index (χ1) is 9.94. The molecule has 8 heteroatoms. The highest BCUT2D eigenvalue weighted by molar-refractivity contribution is 5.86. The molecule has 2 rings (SSSR count). The summed E-state index contributed by atoms with van der Waals surface area (Å²) in [5.74, 6) is -1.09. The number of ether oxygens (including phenoxy) is 1. The molecule has 2 heterocycles. The van der Waals surface area contributed by atoms with Gasteiger partial charge in [0.1, 0.15) is 0 Å². The number of urea groups is 1. The van der Waals surface area contributed by atoms with Gasteiger partial charge in [-0.25, -0.2) is 9.59 Å². The summed E-state index contributed by atoms with van der Waals surface area (Å²) in [6, 6.07) is -0.409. The number of hydrogen-bond donors (Lipinski definition) is 2. The Labute approximate surface area is 123 Å². The normalized spacial score (nSPS) is 26.3. The van der Waals surface area contributed by atoms with E-state index in [2.05, 4.69) is 5.32 Å². The molecule has 0 spiro atoms. The molecule has 0 saturated carbocycles. The number of carboxylic acids is 1. The summed E-state index contributed by atoms with van der Waals surface area (Å²) < 4.78 is 5.12. The van der Waals surface area contributed by atoms with Crippen LogP contribution in [-0.2, 0) is 14.3 Å². The van der Waals surface area contributed by atoms with Gasteiger partial charge in [-0.1, -0.05) is 0 Å². The van der Waals surface area contributed by atoms with Crippen LogP contribution < -0.4 is 5.32 Å². The number of carbonyl (C=O) groups excluding carboxylic acids is 2. The second kappa shape index (κ2) is 6.30. The smallest absolute Gasteiger partial charge is 0.332 e. The molecule has 0 bridgehead atoms. The van der Waals surface area contributed by atoms with Crippen molar-refractivity contribution in [3.05, 3.63) is 0 Å². The topological polar surface area (TPSA) is 99.2 Å². The number of nitrogens with one attached hydrogen (secondary N) is 1. The molecule has 2 aliphatic heterocycles. The van der Waals surface area contributed by atoms with E-state index in [0.29, 0.717) is 39.2 Å².